The third-order valence-electron chi connectivity index (χ3n) is 2.32. The van der Waals surface area contributed by atoms with Crippen LogP contribution in [0.2, 0.25) is 0 Å². The number of carbonyl (C=O) groups excluding carboxylic acids is 1. The van der Waals surface area contributed by atoms with Crippen molar-refractivity contribution < 1.29 is 47.1 Å². The molecule has 0 aliphatic heterocycles. The molecule has 1 rings (SSSR count). The molecule has 2 nitrogen and oxygen atoms in total. The second-order valence-electron chi connectivity index (χ2n) is 4.59. The second-order valence-corrected chi connectivity index (χ2v) is 4.59. The molecule has 0 aromatic heterocycles. The fourth-order valence-electron chi connectivity index (χ4n) is 1.44. The summed E-state index contributed by atoms with van der Waals surface area (Å²) in [6.45, 7) is 7.83. The zero-order chi connectivity index (χ0) is 10.9. The van der Waals surface area contributed by atoms with Gasteiger partial charge in [-0.2, -0.15) is 0 Å². The number of carbonyl (C=O) groups is 1. The summed E-state index contributed by atoms with van der Waals surface area (Å²) in [7, 11) is 0. The van der Waals surface area contributed by atoms with Crippen LogP contribution in [0, 0.1) is 6.92 Å². The molecular formula is C12H16AlCl3O2. The number of aryl methyl sites for hydroxylation is 1. The standard InChI is InChI=1S/C12H16O2.Al.3ClH/c1-8-5-11(14)10(12(2,3)4)6-9(8)7-13;;;;/h5-7,14H,1-4H3;;3*1H/q;+3;;;/p-3. The first-order chi connectivity index (χ1) is 6.36. The van der Waals surface area contributed by atoms with Gasteiger partial charge in [0.05, 0.1) is 0 Å². The van der Waals surface area contributed by atoms with Crippen LogP contribution < -0.4 is 37.2 Å². The molecule has 0 fully saturated rings. The largest absolute Gasteiger partial charge is 3.00 e. The van der Waals surface area contributed by atoms with Crippen molar-refractivity contribution >= 4 is 23.6 Å². The molecule has 100 valence electrons. The van der Waals surface area contributed by atoms with Crippen molar-refractivity contribution in [1.82, 2.24) is 0 Å². The number of hydrogen-bond donors (Lipinski definition) is 1. The summed E-state index contributed by atoms with van der Waals surface area (Å²) in [5.41, 5.74) is 2.12. The second kappa shape index (κ2) is 9.95. The summed E-state index contributed by atoms with van der Waals surface area (Å²) in [6.07, 6.45) is 0.823. The van der Waals surface area contributed by atoms with Gasteiger partial charge >= 0.3 is 17.4 Å². The zero-order valence-electron chi connectivity index (χ0n) is 10.8. The van der Waals surface area contributed by atoms with Gasteiger partial charge in [-0.25, -0.2) is 0 Å². The summed E-state index contributed by atoms with van der Waals surface area (Å²) >= 11 is 0. The number of halogens is 3. The van der Waals surface area contributed by atoms with E-state index in [4.69, 9.17) is 0 Å². The average Bonchev–Trinajstić information content (AvgIpc) is 2.02. The zero-order valence-corrected chi connectivity index (χ0v) is 14.2. The predicted octanol–water partition coefficient (Wildman–Crippen LogP) is -6.56. The molecule has 0 heterocycles. The smallest absolute Gasteiger partial charge is 1.00 e. The predicted molar refractivity (Wildman–Crippen MR) is 62.7 cm³/mol. The van der Waals surface area contributed by atoms with E-state index in [0.29, 0.717) is 5.56 Å². The van der Waals surface area contributed by atoms with E-state index in [1.165, 1.54) is 0 Å². The first-order valence-electron chi connectivity index (χ1n) is 4.65. The van der Waals surface area contributed by atoms with Gasteiger partial charge in [-0.15, -0.1) is 0 Å². The molecule has 6 heteroatoms. The Bertz CT molecular complexity index is 376. The number of aldehydes is 1. The number of hydrogen-bond acceptors (Lipinski definition) is 2. The number of rotatable bonds is 1. The van der Waals surface area contributed by atoms with Crippen LogP contribution in [0.4, 0.5) is 0 Å². The van der Waals surface area contributed by atoms with Gasteiger partial charge in [-0.1, -0.05) is 20.8 Å². The third-order valence-corrected chi connectivity index (χ3v) is 2.32. The molecule has 1 aromatic carbocycles. The van der Waals surface area contributed by atoms with Crippen LogP contribution in [0.15, 0.2) is 12.1 Å². The number of phenolic OH excluding ortho intramolecular Hbond substituents is 1. The maximum absolute atomic E-state index is 10.7. The van der Waals surface area contributed by atoms with Crippen molar-refractivity contribution in [1.29, 1.82) is 0 Å². The molecule has 0 aliphatic carbocycles. The molecular weight excluding hydrogens is 309 g/mol. The molecule has 0 aliphatic rings. The summed E-state index contributed by atoms with van der Waals surface area (Å²) in [6, 6.07) is 3.40. The number of aromatic hydroxyl groups is 1. The fraction of sp³-hybridized carbons (Fsp3) is 0.417. The Morgan fingerprint density at radius 1 is 1.11 bits per heavy atom. The van der Waals surface area contributed by atoms with Crippen LogP contribution in [-0.4, -0.2) is 28.8 Å². The molecule has 0 atom stereocenters. The van der Waals surface area contributed by atoms with Crippen LogP contribution in [-0.2, 0) is 5.41 Å². The van der Waals surface area contributed by atoms with Crippen molar-refractivity contribution in [3.8, 4) is 5.75 Å². The Balaban J connectivity index is -0.000000245. The van der Waals surface area contributed by atoms with Gasteiger partial charge in [-0.3, -0.25) is 4.79 Å². The Morgan fingerprint density at radius 3 is 1.89 bits per heavy atom. The van der Waals surface area contributed by atoms with Crippen LogP contribution in [0.1, 0.15) is 42.3 Å². The van der Waals surface area contributed by atoms with Gasteiger partial charge in [0.25, 0.3) is 0 Å². The van der Waals surface area contributed by atoms with Gasteiger partial charge < -0.3 is 42.3 Å². The first kappa shape index (κ1) is 26.6. The van der Waals surface area contributed by atoms with Gasteiger partial charge in [0, 0.05) is 5.56 Å². The van der Waals surface area contributed by atoms with E-state index in [0.717, 1.165) is 17.4 Å². The van der Waals surface area contributed by atoms with E-state index in [-0.39, 0.29) is 65.7 Å². The maximum atomic E-state index is 10.7. The quantitative estimate of drug-likeness (QED) is 0.412. The SMILES string of the molecule is Cc1cc(O)c(C(C)(C)C)cc1C=O.[Al+3].[Cl-].[Cl-].[Cl-]. The van der Waals surface area contributed by atoms with Gasteiger partial charge in [0.1, 0.15) is 12.0 Å². The summed E-state index contributed by atoms with van der Waals surface area (Å²) < 4.78 is 0. The van der Waals surface area contributed by atoms with E-state index in [2.05, 4.69) is 0 Å². The maximum Gasteiger partial charge on any atom is 3.00 e. The van der Waals surface area contributed by atoms with Crippen molar-refractivity contribution in [2.75, 3.05) is 0 Å². The molecule has 1 aromatic rings. The number of benzene rings is 1. The molecule has 0 spiro atoms. The third kappa shape index (κ3) is 6.32. The summed E-state index contributed by atoms with van der Waals surface area (Å²) in [5, 5.41) is 9.73. The molecule has 0 bridgehead atoms. The average molecular weight is 326 g/mol. The van der Waals surface area contributed by atoms with E-state index < -0.39 is 0 Å². The first-order valence-corrected chi connectivity index (χ1v) is 4.65. The van der Waals surface area contributed by atoms with E-state index in [1.807, 2.05) is 27.7 Å². The summed E-state index contributed by atoms with van der Waals surface area (Å²) in [4.78, 5) is 10.7. The molecule has 0 saturated carbocycles. The number of phenols is 1. The monoisotopic (exact) mass is 324 g/mol. The van der Waals surface area contributed by atoms with Crippen LogP contribution in [0.3, 0.4) is 0 Å². The molecule has 0 amide bonds. The Kier molecular flexibility index (Phi) is 14.7. The summed E-state index contributed by atoms with van der Waals surface area (Å²) in [5.74, 6) is 0.264. The Labute approximate surface area is 138 Å². The molecule has 0 unspecified atom stereocenters. The Morgan fingerprint density at radius 2 is 1.56 bits per heavy atom. The molecule has 18 heavy (non-hydrogen) atoms. The van der Waals surface area contributed by atoms with Gasteiger partial charge in [0.15, 0.2) is 0 Å². The van der Waals surface area contributed by atoms with Crippen LogP contribution >= 0.6 is 0 Å². The minimum Gasteiger partial charge on any atom is -1.00 e. The minimum absolute atomic E-state index is 0. The Hall–Kier alpha value is 0.0925. The van der Waals surface area contributed by atoms with Crippen molar-refractivity contribution in [2.45, 2.75) is 33.1 Å². The van der Waals surface area contributed by atoms with E-state index in [9.17, 15) is 9.90 Å². The van der Waals surface area contributed by atoms with Gasteiger partial charge in [0.2, 0.25) is 0 Å². The topological polar surface area (TPSA) is 37.3 Å². The van der Waals surface area contributed by atoms with Crippen LogP contribution in [0.5, 0.6) is 5.75 Å². The van der Waals surface area contributed by atoms with Crippen molar-refractivity contribution in [3.05, 3.63) is 28.8 Å². The molecule has 0 radical (unpaired) electrons. The normalized spacial score (nSPS) is 8.89. The van der Waals surface area contributed by atoms with E-state index in [1.54, 1.807) is 12.1 Å². The van der Waals surface area contributed by atoms with Crippen molar-refractivity contribution in [3.63, 3.8) is 0 Å². The minimum atomic E-state index is -0.143. The fourth-order valence-corrected chi connectivity index (χ4v) is 1.44. The molecule has 0 saturated heterocycles. The van der Waals surface area contributed by atoms with Crippen LogP contribution in [0.25, 0.3) is 0 Å². The van der Waals surface area contributed by atoms with E-state index >= 15 is 0 Å². The van der Waals surface area contributed by atoms with Gasteiger partial charge in [-0.05, 0) is 35.6 Å². The van der Waals surface area contributed by atoms with Crippen molar-refractivity contribution in [2.24, 2.45) is 0 Å². The molecule has 1 N–H and O–H groups in total.